The highest BCUT2D eigenvalue weighted by Gasteiger charge is 2.58. The fraction of sp³-hybridized carbons (Fsp3) is 0.750. The summed E-state index contributed by atoms with van der Waals surface area (Å²) in [6.45, 7) is -1.92. The van der Waals surface area contributed by atoms with Gasteiger partial charge in [-0.3, -0.25) is 9.59 Å². The van der Waals surface area contributed by atoms with Crippen molar-refractivity contribution in [1.29, 1.82) is 0 Å². The van der Waals surface area contributed by atoms with Crippen molar-refractivity contribution in [2.75, 3.05) is 13.2 Å². The quantitative estimate of drug-likeness (QED) is 0.543. The van der Waals surface area contributed by atoms with Crippen LogP contribution in [0.5, 0.6) is 0 Å². The molecule has 0 radical (unpaired) electrons. The van der Waals surface area contributed by atoms with Gasteiger partial charge in [0.1, 0.15) is 0 Å². The number of halogens is 4. The van der Waals surface area contributed by atoms with Gasteiger partial charge >= 0.3 is 23.8 Å². The van der Waals surface area contributed by atoms with Gasteiger partial charge in [-0.05, 0) is 0 Å². The average molecular weight is 246 g/mol. The minimum Gasteiger partial charge on any atom is -0.459 e. The molecule has 0 bridgehead atoms. The lowest BCUT2D eigenvalue weighted by Gasteiger charge is -2.25. The van der Waals surface area contributed by atoms with E-state index in [9.17, 15) is 27.2 Å². The van der Waals surface area contributed by atoms with E-state index in [0.29, 0.717) is 0 Å². The Balaban J connectivity index is 4.44. The zero-order valence-electron chi connectivity index (χ0n) is 8.56. The van der Waals surface area contributed by atoms with Gasteiger partial charge in [0, 0.05) is 13.8 Å². The average Bonchev–Trinajstić information content (AvgIpc) is 2.11. The van der Waals surface area contributed by atoms with Crippen molar-refractivity contribution >= 4 is 11.9 Å². The second kappa shape index (κ2) is 5.13. The number of carbonyl (C=O) groups is 2. The zero-order valence-corrected chi connectivity index (χ0v) is 8.56. The molecule has 0 aromatic carbocycles. The predicted molar refractivity (Wildman–Crippen MR) is 43.2 cm³/mol. The smallest absolute Gasteiger partial charge is 0.346 e. The van der Waals surface area contributed by atoms with Crippen LogP contribution in [0.25, 0.3) is 0 Å². The van der Waals surface area contributed by atoms with Crippen molar-refractivity contribution in [2.24, 2.45) is 0 Å². The number of alkyl halides is 4. The molecule has 0 aromatic heterocycles. The van der Waals surface area contributed by atoms with Crippen molar-refractivity contribution in [3.05, 3.63) is 0 Å². The van der Waals surface area contributed by atoms with Gasteiger partial charge in [0.15, 0.2) is 13.2 Å². The van der Waals surface area contributed by atoms with Crippen molar-refractivity contribution < 1.29 is 36.6 Å². The molecule has 0 rings (SSSR count). The molecule has 0 atom stereocenters. The summed E-state index contributed by atoms with van der Waals surface area (Å²) in [7, 11) is 0. The lowest BCUT2D eigenvalue weighted by atomic mass is 10.2. The molecular weight excluding hydrogens is 236 g/mol. The topological polar surface area (TPSA) is 52.6 Å². The first-order chi connectivity index (χ1) is 7.08. The predicted octanol–water partition coefficient (Wildman–Crippen LogP) is 1.38. The third-order valence-electron chi connectivity index (χ3n) is 1.45. The summed E-state index contributed by atoms with van der Waals surface area (Å²) >= 11 is 0. The summed E-state index contributed by atoms with van der Waals surface area (Å²) in [6, 6.07) is 0. The maximum absolute atomic E-state index is 12.8. The van der Waals surface area contributed by atoms with Crippen molar-refractivity contribution in [3.63, 3.8) is 0 Å². The fourth-order valence-corrected chi connectivity index (χ4v) is 0.596. The van der Waals surface area contributed by atoms with Crippen LogP contribution in [0.2, 0.25) is 0 Å². The number of carbonyl (C=O) groups excluding carboxylic acids is 2. The summed E-state index contributed by atoms with van der Waals surface area (Å²) in [4.78, 5) is 20.4. The second-order valence-electron chi connectivity index (χ2n) is 2.97. The van der Waals surface area contributed by atoms with Crippen LogP contribution in [0.3, 0.4) is 0 Å². The Morgan fingerprint density at radius 2 is 1.12 bits per heavy atom. The van der Waals surface area contributed by atoms with Gasteiger partial charge < -0.3 is 9.47 Å². The molecule has 0 N–H and O–H groups in total. The third-order valence-corrected chi connectivity index (χ3v) is 1.45. The van der Waals surface area contributed by atoms with Gasteiger partial charge in [-0.25, -0.2) is 0 Å². The van der Waals surface area contributed by atoms with E-state index in [1.807, 2.05) is 0 Å². The third kappa shape index (κ3) is 4.45. The second-order valence-corrected chi connectivity index (χ2v) is 2.97. The first-order valence-electron chi connectivity index (χ1n) is 4.11. The van der Waals surface area contributed by atoms with Crippen molar-refractivity contribution in [3.8, 4) is 0 Å². The summed E-state index contributed by atoms with van der Waals surface area (Å²) in [5, 5.41) is 0. The summed E-state index contributed by atoms with van der Waals surface area (Å²) in [5.74, 6) is -11.4. The van der Waals surface area contributed by atoms with Crippen LogP contribution in [0.4, 0.5) is 17.6 Å². The lowest BCUT2D eigenvalue weighted by molar-refractivity contribution is -0.247. The van der Waals surface area contributed by atoms with Gasteiger partial charge in [-0.1, -0.05) is 0 Å². The molecule has 0 amide bonds. The number of hydrogen-bond acceptors (Lipinski definition) is 4. The van der Waals surface area contributed by atoms with Crippen molar-refractivity contribution in [2.45, 2.75) is 25.7 Å². The molecule has 0 unspecified atom stereocenters. The standard InChI is InChI=1S/C8H10F4O4/c1-5(13)15-3-7(9,10)8(11,12)4-16-6(2)14/h3-4H2,1-2H3. The summed E-state index contributed by atoms with van der Waals surface area (Å²) < 4.78 is 58.8. The molecule has 0 heterocycles. The van der Waals surface area contributed by atoms with E-state index in [1.165, 1.54) is 0 Å². The molecule has 0 spiro atoms. The number of hydrogen-bond donors (Lipinski definition) is 0. The SMILES string of the molecule is CC(=O)OCC(F)(F)C(F)(F)COC(C)=O. The first-order valence-corrected chi connectivity index (χ1v) is 4.11. The Kier molecular flexibility index (Phi) is 4.70. The maximum Gasteiger partial charge on any atom is 0.346 e. The molecule has 16 heavy (non-hydrogen) atoms. The maximum atomic E-state index is 12.8. The Morgan fingerprint density at radius 3 is 1.31 bits per heavy atom. The first kappa shape index (κ1) is 14.7. The summed E-state index contributed by atoms with van der Waals surface area (Å²) in [6.07, 6.45) is 0. The van der Waals surface area contributed by atoms with Crippen LogP contribution in [0.15, 0.2) is 0 Å². The van der Waals surface area contributed by atoms with Gasteiger partial charge in [0.25, 0.3) is 0 Å². The highest BCUT2D eigenvalue weighted by molar-refractivity contribution is 5.66. The van der Waals surface area contributed by atoms with E-state index in [1.54, 1.807) is 0 Å². The van der Waals surface area contributed by atoms with Crippen LogP contribution < -0.4 is 0 Å². The Morgan fingerprint density at radius 1 is 0.875 bits per heavy atom. The molecule has 0 fully saturated rings. The Bertz CT molecular complexity index is 249. The molecule has 94 valence electrons. The van der Waals surface area contributed by atoms with Crippen LogP contribution >= 0.6 is 0 Å². The minimum absolute atomic E-state index is 0.806. The largest absolute Gasteiger partial charge is 0.459 e. The number of ether oxygens (including phenoxy) is 2. The molecule has 8 heteroatoms. The van der Waals surface area contributed by atoms with E-state index < -0.39 is 37.0 Å². The van der Waals surface area contributed by atoms with E-state index in [0.717, 1.165) is 13.8 Å². The minimum atomic E-state index is -4.59. The Hall–Kier alpha value is -1.34. The van der Waals surface area contributed by atoms with Crippen LogP contribution in [0.1, 0.15) is 13.8 Å². The monoisotopic (exact) mass is 246 g/mol. The molecule has 0 aliphatic rings. The highest BCUT2D eigenvalue weighted by Crippen LogP contribution is 2.34. The summed E-state index contributed by atoms with van der Waals surface area (Å²) in [5.41, 5.74) is 0. The van der Waals surface area contributed by atoms with E-state index in [4.69, 9.17) is 0 Å². The molecule has 0 saturated heterocycles. The van der Waals surface area contributed by atoms with Crippen LogP contribution in [-0.2, 0) is 19.1 Å². The Labute approximate surface area is 88.5 Å². The fourth-order valence-electron chi connectivity index (χ4n) is 0.596. The number of rotatable bonds is 5. The molecule has 0 aromatic rings. The zero-order chi connectivity index (χ0) is 13.0. The molecule has 0 saturated carbocycles. The van der Waals surface area contributed by atoms with Gasteiger partial charge in [-0.15, -0.1) is 0 Å². The molecule has 0 aliphatic carbocycles. The molecule has 4 nitrogen and oxygen atoms in total. The van der Waals surface area contributed by atoms with Gasteiger partial charge in [-0.2, -0.15) is 17.6 Å². The van der Waals surface area contributed by atoms with Gasteiger partial charge in [0.2, 0.25) is 0 Å². The van der Waals surface area contributed by atoms with Gasteiger partial charge in [0.05, 0.1) is 0 Å². The van der Waals surface area contributed by atoms with Crippen molar-refractivity contribution in [1.82, 2.24) is 0 Å². The van der Waals surface area contributed by atoms with Crippen LogP contribution in [-0.4, -0.2) is 37.0 Å². The normalized spacial score (nSPS) is 12.1. The van der Waals surface area contributed by atoms with Crippen LogP contribution in [0, 0.1) is 0 Å². The highest BCUT2D eigenvalue weighted by atomic mass is 19.3. The van der Waals surface area contributed by atoms with E-state index in [-0.39, 0.29) is 0 Å². The number of esters is 2. The molecular formula is C8H10F4O4. The van der Waals surface area contributed by atoms with E-state index >= 15 is 0 Å². The molecule has 0 aliphatic heterocycles. The lowest BCUT2D eigenvalue weighted by Crippen LogP contribution is -2.48. The van der Waals surface area contributed by atoms with E-state index in [2.05, 4.69) is 9.47 Å².